The molecule has 70 valence electrons. The second-order valence-corrected chi connectivity index (χ2v) is 4.49. The van der Waals surface area contributed by atoms with Crippen molar-refractivity contribution < 1.29 is 0 Å². The van der Waals surface area contributed by atoms with Gasteiger partial charge in [-0.15, -0.1) is 0 Å². The van der Waals surface area contributed by atoms with Gasteiger partial charge in [0, 0.05) is 0 Å². The molecule has 2 rings (SSSR count). The Kier molecular flexibility index (Phi) is 2.99. The van der Waals surface area contributed by atoms with Crippen LogP contribution in [0.4, 0.5) is 0 Å². The maximum atomic E-state index is 4.19. The van der Waals surface area contributed by atoms with E-state index >= 15 is 0 Å². The predicted molar refractivity (Wildman–Crippen MR) is 65.1 cm³/mol. The van der Waals surface area contributed by atoms with Crippen LogP contribution in [-0.4, -0.2) is 4.98 Å². The molecule has 14 heavy (non-hydrogen) atoms. The summed E-state index contributed by atoms with van der Waals surface area (Å²) in [6.07, 6.45) is 0. The average molecular weight is 313 g/mol. The van der Waals surface area contributed by atoms with Crippen molar-refractivity contribution in [3.8, 4) is 11.1 Å². The molecule has 0 unspecified atom stereocenters. The van der Waals surface area contributed by atoms with E-state index < -0.39 is 0 Å². The fourth-order valence-corrected chi connectivity index (χ4v) is 2.38. The highest BCUT2D eigenvalue weighted by Gasteiger charge is 2.00. The number of aromatic nitrogens is 1. The maximum absolute atomic E-state index is 4.19. The molecule has 0 spiro atoms. The molecule has 1 nitrogen and oxygen atoms in total. The normalized spacial score (nSPS) is 10.1. The Morgan fingerprint density at radius 1 is 0.786 bits per heavy atom. The monoisotopic (exact) mass is 311 g/mol. The van der Waals surface area contributed by atoms with Crippen LogP contribution in [0.2, 0.25) is 0 Å². The first-order chi connectivity index (χ1) is 6.75. The zero-order valence-corrected chi connectivity index (χ0v) is 10.4. The SMILES string of the molecule is Brc1cc(-c2ccccc2)cc(Br)n1. The van der Waals surface area contributed by atoms with Gasteiger partial charge in [0.05, 0.1) is 0 Å². The number of pyridine rings is 1. The second kappa shape index (κ2) is 4.24. The van der Waals surface area contributed by atoms with E-state index in [1.807, 2.05) is 30.3 Å². The summed E-state index contributed by atoms with van der Waals surface area (Å²) in [6.45, 7) is 0. The summed E-state index contributed by atoms with van der Waals surface area (Å²) in [5.74, 6) is 0. The molecule has 0 aliphatic carbocycles. The van der Waals surface area contributed by atoms with Crippen molar-refractivity contribution in [2.75, 3.05) is 0 Å². The van der Waals surface area contributed by atoms with Crippen molar-refractivity contribution in [2.45, 2.75) is 0 Å². The molecule has 1 aromatic heterocycles. The maximum Gasteiger partial charge on any atom is 0.108 e. The van der Waals surface area contributed by atoms with Gasteiger partial charge in [0.2, 0.25) is 0 Å². The standard InChI is InChI=1S/C11H7Br2N/c12-10-6-9(7-11(13)14-10)8-4-2-1-3-5-8/h1-7H. The van der Waals surface area contributed by atoms with Crippen LogP contribution in [0, 0.1) is 0 Å². The Bertz CT molecular complexity index is 420. The first-order valence-electron chi connectivity index (χ1n) is 4.14. The van der Waals surface area contributed by atoms with Crippen LogP contribution in [0.3, 0.4) is 0 Å². The zero-order chi connectivity index (χ0) is 9.97. The molecule has 1 aromatic carbocycles. The van der Waals surface area contributed by atoms with E-state index in [0.29, 0.717) is 0 Å². The third-order valence-corrected chi connectivity index (χ3v) is 2.68. The van der Waals surface area contributed by atoms with E-state index in [-0.39, 0.29) is 0 Å². The van der Waals surface area contributed by atoms with Gasteiger partial charge in [-0.2, -0.15) is 0 Å². The van der Waals surface area contributed by atoms with Crippen LogP contribution in [0.25, 0.3) is 11.1 Å². The predicted octanol–water partition coefficient (Wildman–Crippen LogP) is 4.27. The Labute approximate surface area is 99.4 Å². The number of halogens is 2. The first-order valence-corrected chi connectivity index (χ1v) is 5.73. The van der Waals surface area contributed by atoms with Crippen LogP contribution < -0.4 is 0 Å². The molecule has 0 N–H and O–H groups in total. The van der Waals surface area contributed by atoms with Crippen molar-refractivity contribution in [1.29, 1.82) is 0 Å². The molecule has 2 aromatic rings. The molecule has 0 atom stereocenters. The lowest BCUT2D eigenvalue weighted by Gasteiger charge is -2.02. The minimum Gasteiger partial charge on any atom is -0.234 e. The molecule has 0 bridgehead atoms. The Hall–Kier alpha value is -0.670. The lowest BCUT2D eigenvalue weighted by atomic mass is 10.1. The summed E-state index contributed by atoms with van der Waals surface area (Å²) in [5, 5.41) is 0. The van der Waals surface area contributed by atoms with Crippen molar-refractivity contribution >= 4 is 31.9 Å². The quantitative estimate of drug-likeness (QED) is 0.716. The minimum atomic E-state index is 0.839. The van der Waals surface area contributed by atoms with Gasteiger partial charge in [0.15, 0.2) is 0 Å². The second-order valence-electron chi connectivity index (χ2n) is 2.87. The number of rotatable bonds is 1. The van der Waals surface area contributed by atoms with Crippen molar-refractivity contribution in [2.24, 2.45) is 0 Å². The van der Waals surface area contributed by atoms with E-state index in [1.165, 1.54) is 5.56 Å². The van der Waals surface area contributed by atoms with Crippen molar-refractivity contribution in [3.05, 3.63) is 51.7 Å². The largest absolute Gasteiger partial charge is 0.234 e. The molecule has 0 aliphatic rings. The van der Waals surface area contributed by atoms with Crippen LogP contribution >= 0.6 is 31.9 Å². The fraction of sp³-hybridized carbons (Fsp3) is 0. The summed E-state index contributed by atoms with van der Waals surface area (Å²) in [6, 6.07) is 14.2. The summed E-state index contributed by atoms with van der Waals surface area (Å²) < 4.78 is 1.68. The number of benzene rings is 1. The van der Waals surface area contributed by atoms with Gasteiger partial charge in [0.25, 0.3) is 0 Å². The molecule has 3 heteroatoms. The van der Waals surface area contributed by atoms with Crippen LogP contribution in [0.1, 0.15) is 0 Å². The molecule has 0 radical (unpaired) electrons. The summed E-state index contributed by atoms with van der Waals surface area (Å²) >= 11 is 6.74. The van der Waals surface area contributed by atoms with Gasteiger partial charge in [-0.1, -0.05) is 30.3 Å². The number of nitrogens with zero attached hydrogens (tertiary/aromatic N) is 1. The highest BCUT2D eigenvalue weighted by Crippen LogP contribution is 2.24. The van der Waals surface area contributed by atoms with Crippen LogP contribution in [0.15, 0.2) is 51.7 Å². The summed E-state index contributed by atoms with van der Waals surface area (Å²) in [4.78, 5) is 4.19. The average Bonchev–Trinajstić information content (AvgIpc) is 2.18. The molecular formula is C11H7Br2N. The van der Waals surface area contributed by atoms with Gasteiger partial charge in [-0.25, -0.2) is 4.98 Å². The topological polar surface area (TPSA) is 12.9 Å². The number of hydrogen-bond donors (Lipinski definition) is 0. The van der Waals surface area contributed by atoms with Gasteiger partial charge in [-0.3, -0.25) is 0 Å². The van der Waals surface area contributed by atoms with Crippen LogP contribution in [-0.2, 0) is 0 Å². The molecule has 0 saturated carbocycles. The molecule has 0 saturated heterocycles. The van der Waals surface area contributed by atoms with E-state index in [4.69, 9.17) is 0 Å². The van der Waals surface area contributed by atoms with E-state index in [0.717, 1.165) is 14.8 Å². The molecular weight excluding hydrogens is 306 g/mol. The summed E-state index contributed by atoms with van der Waals surface area (Å²) in [7, 11) is 0. The Morgan fingerprint density at radius 3 is 1.93 bits per heavy atom. The van der Waals surface area contributed by atoms with Gasteiger partial charge in [-0.05, 0) is 55.1 Å². The van der Waals surface area contributed by atoms with E-state index in [1.54, 1.807) is 0 Å². The lowest BCUT2D eigenvalue weighted by Crippen LogP contribution is -1.81. The molecule has 0 fully saturated rings. The smallest absolute Gasteiger partial charge is 0.108 e. The summed E-state index contributed by atoms with van der Waals surface area (Å²) in [5.41, 5.74) is 2.34. The highest BCUT2D eigenvalue weighted by atomic mass is 79.9. The van der Waals surface area contributed by atoms with Crippen molar-refractivity contribution in [3.63, 3.8) is 0 Å². The number of hydrogen-bond acceptors (Lipinski definition) is 1. The van der Waals surface area contributed by atoms with E-state index in [9.17, 15) is 0 Å². The van der Waals surface area contributed by atoms with Crippen molar-refractivity contribution in [1.82, 2.24) is 4.98 Å². The Balaban J connectivity index is 2.52. The van der Waals surface area contributed by atoms with Crippen LogP contribution in [0.5, 0.6) is 0 Å². The molecule has 0 amide bonds. The highest BCUT2D eigenvalue weighted by molar-refractivity contribution is 9.11. The van der Waals surface area contributed by atoms with E-state index in [2.05, 4.69) is 49.0 Å². The van der Waals surface area contributed by atoms with Gasteiger partial charge < -0.3 is 0 Å². The fourth-order valence-electron chi connectivity index (χ4n) is 1.26. The third-order valence-electron chi connectivity index (χ3n) is 1.87. The molecule has 0 aliphatic heterocycles. The Morgan fingerprint density at radius 2 is 1.36 bits per heavy atom. The van der Waals surface area contributed by atoms with Gasteiger partial charge in [0.1, 0.15) is 9.21 Å². The minimum absolute atomic E-state index is 0.839. The third kappa shape index (κ3) is 2.22. The first kappa shape index (κ1) is 9.87. The zero-order valence-electron chi connectivity index (χ0n) is 7.24. The van der Waals surface area contributed by atoms with Gasteiger partial charge >= 0.3 is 0 Å². The lowest BCUT2D eigenvalue weighted by molar-refractivity contribution is 1.23. The molecule has 1 heterocycles.